The third-order valence-corrected chi connectivity index (χ3v) is 1.59. The Morgan fingerprint density at radius 3 is 1.88 bits per heavy atom. The molecule has 0 bridgehead atoms. The van der Waals surface area contributed by atoms with E-state index in [2.05, 4.69) is 0 Å². The van der Waals surface area contributed by atoms with E-state index in [0.29, 0.717) is 0 Å². The third-order valence-electron chi connectivity index (χ3n) is 0.531. The Hall–Kier alpha value is 1.37. The van der Waals surface area contributed by atoms with Gasteiger partial charge in [0.15, 0.2) is 0 Å². The van der Waals surface area contributed by atoms with Crippen LogP contribution in [-0.2, 0) is 4.57 Å². The van der Waals surface area contributed by atoms with E-state index in [1.54, 1.807) is 0 Å². The predicted octanol–water partition coefficient (Wildman–Crippen LogP) is -0.687. The number of nitrogens with two attached hydrogens (primary N) is 1. The van der Waals surface area contributed by atoms with Crippen LogP contribution in [0.15, 0.2) is 0 Å². The zero-order chi connectivity index (χ0) is 6.08. The Kier molecular flexibility index (Phi) is 6.39. The van der Waals surface area contributed by atoms with Crippen LogP contribution in [0.4, 0.5) is 0 Å². The number of hydrogen-bond acceptors (Lipinski definition) is 2. The normalized spacial score (nSPS) is 14.5. The summed E-state index contributed by atoms with van der Waals surface area (Å²) in [5, 5.41) is 0. The minimum Gasteiger partial charge on any atom is -1.00 e. The number of hydrogen-bond donors (Lipinski definition) is 3. The fraction of sp³-hybridized carbons (Fsp3) is 1.00. The van der Waals surface area contributed by atoms with E-state index in [1.807, 2.05) is 0 Å². The van der Waals surface area contributed by atoms with Gasteiger partial charge in [0.25, 0.3) is 0 Å². The molecule has 0 aromatic rings. The summed E-state index contributed by atoms with van der Waals surface area (Å²) >= 11 is 0. The molecule has 0 heterocycles. The maximum Gasteiger partial charge on any atom is 2.00 e. The Labute approximate surface area is 80.6 Å². The average molecular weight is 167 g/mol. The minimum absolute atomic E-state index is 0. The summed E-state index contributed by atoms with van der Waals surface area (Å²) in [5.74, 6) is -1.03. The van der Waals surface area contributed by atoms with Crippen LogP contribution in [0.1, 0.15) is 9.78 Å². The van der Waals surface area contributed by atoms with Crippen LogP contribution in [0.5, 0.6) is 0 Å². The van der Waals surface area contributed by atoms with Gasteiger partial charge in [-0.15, -0.1) is 0 Å². The summed E-state index contributed by atoms with van der Waals surface area (Å²) in [5.41, 5.74) is 4.81. The third kappa shape index (κ3) is 5.51. The molecular weight excluding hydrogens is 157 g/mol. The van der Waals surface area contributed by atoms with Crippen molar-refractivity contribution in [3.8, 4) is 0 Å². The first-order chi connectivity index (χ1) is 2.94. The topological polar surface area (TPSA) is 83.6 Å². The molecule has 4 N–H and O–H groups in total. The molecular formula is C2H10CaNO3P. The van der Waals surface area contributed by atoms with Gasteiger partial charge in [-0.05, 0) is 6.92 Å². The largest absolute Gasteiger partial charge is 2.00 e. The van der Waals surface area contributed by atoms with Gasteiger partial charge < -0.3 is 18.4 Å². The van der Waals surface area contributed by atoms with E-state index in [0.717, 1.165) is 0 Å². The fourth-order valence-electron chi connectivity index (χ4n) is 0. The number of rotatable bonds is 1. The standard InChI is InChI=1S/C2H8NO3P.Ca.2H/c1-2(3)7(4,5)6;;;/h2H,3H2,1H3,(H2,4,5,6);;;/q;+2;2*-1. The van der Waals surface area contributed by atoms with E-state index < -0.39 is 13.4 Å². The molecule has 6 heteroatoms. The van der Waals surface area contributed by atoms with Gasteiger partial charge in [-0.1, -0.05) is 0 Å². The van der Waals surface area contributed by atoms with Crippen molar-refractivity contribution in [1.29, 1.82) is 0 Å². The van der Waals surface area contributed by atoms with Crippen molar-refractivity contribution in [3.05, 3.63) is 0 Å². The summed E-state index contributed by atoms with van der Waals surface area (Å²) in [6, 6.07) is 0. The molecule has 0 saturated carbocycles. The van der Waals surface area contributed by atoms with E-state index in [1.165, 1.54) is 6.92 Å². The van der Waals surface area contributed by atoms with Gasteiger partial charge in [0.2, 0.25) is 0 Å². The molecule has 0 radical (unpaired) electrons. The molecule has 0 fully saturated rings. The molecule has 0 aliphatic rings. The van der Waals surface area contributed by atoms with Crippen molar-refractivity contribution >= 4 is 45.3 Å². The summed E-state index contributed by atoms with van der Waals surface area (Å²) in [6.07, 6.45) is 0. The zero-order valence-corrected chi connectivity index (χ0v) is 7.71. The Bertz CT molecular complexity index is 107. The van der Waals surface area contributed by atoms with Crippen LogP contribution in [0.2, 0.25) is 0 Å². The quantitative estimate of drug-likeness (QED) is 0.356. The van der Waals surface area contributed by atoms with Crippen molar-refractivity contribution < 1.29 is 17.2 Å². The van der Waals surface area contributed by atoms with Gasteiger partial charge in [-0.3, -0.25) is 4.57 Å². The van der Waals surface area contributed by atoms with E-state index in [4.69, 9.17) is 15.5 Å². The van der Waals surface area contributed by atoms with Gasteiger partial charge in [-0.2, -0.15) is 0 Å². The van der Waals surface area contributed by atoms with Crippen molar-refractivity contribution in [1.82, 2.24) is 0 Å². The molecule has 0 saturated heterocycles. The second-order valence-corrected chi connectivity index (χ2v) is 3.32. The fourth-order valence-corrected chi connectivity index (χ4v) is 0. The van der Waals surface area contributed by atoms with E-state index in [-0.39, 0.29) is 40.6 Å². The van der Waals surface area contributed by atoms with Crippen LogP contribution < -0.4 is 5.73 Å². The van der Waals surface area contributed by atoms with Crippen molar-refractivity contribution in [2.24, 2.45) is 5.73 Å². The second-order valence-electron chi connectivity index (χ2n) is 1.33. The summed E-state index contributed by atoms with van der Waals surface area (Å²) in [6.45, 7) is 1.26. The van der Waals surface area contributed by atoms with Gasteiger partial charge in [0, 0.05) is 0 Å². The molecule has 8 heavy (non-hydrogen) atoms. The molecule has 48 valence electrons. The van der Waals surface area contributed by atoms with E-state index in [9.17, 15) is 4.57 Å². The van der Waals surface area contributed by atoms with Gasteiger partial charge >= 0.3 is 45.3 Å². The second kappa shape index (κ2) is 4.23. The van der Waals surface area contributed by atoms with E-state index >= 15 is 0 Å². The monoisotopic (exact) mass is 167 g/mol. The van der Waals surface area contributed by atoms with Crippen molar-refractivity contribution in [2.75, 3.05) is 0 Å². The smallest absolute Gasteiger partial charge is 1.00 e. The summed E-state index contributed by atoms with van der Waals surface area (Å²) < 4.78 is 9.90. The van der Waals surface area contributed by atoms with Crippen LogP contribution in [0, 0.1) is 0 Å². The van der Waals surface area contributed by atoms with Crippen molar-refractivity contribution in [2.45, 2.75) is 12.7 Å². The first-order valence-corrected chi connectivity index (χ1v) is 3.43. The summed E-state index contributed by atoms with van der Waals surface area (Å²) in [4.78, 5) is 16.2. The summed E-state index contributed by atoms with van der Waals surface area (Å²) in [7, 11) is -3.96. The molecule has 1 atom stereocenters. The molecule has 0 aromatic carbocycles. The Morgan fingerprint density at radius 2 is 1.88 bits per heavy atom. The van der Waals surface area contributed by atoms with Gasteiger partial charge in [0.05, 0.1) is 0 Å². The molecule has 0 aliphatic carbocycles. The van der Waals surface area contributed by atoms with Gasteiger partial charge in [-0.25, -0.2) is 0 Å². The Morgan fingerprint density at radius 1 is 1.75 bits per heavy atom. The molecule has 0 amide bonds. The van der Waals surface area contributed by atoms with Crippen LogP contribution in [0.25, 0.3) is 0 Å². The molecule has 4 nitrogen and oxygen atoms in total. The molecule has 0 aliphatic heterocycles. The zero-order valence-electron chi connectivity index (χ0n) is 6.61. The van der Waals surface area contributed by atoms with Gasteiger partial charge in [0.1, 0.15) is 5.78 Å². The molecule has 0 rings (SSSR count). The van der Waals surface area contributed by atoms with Crippen LogP contribution in [-0.4, -0.2) is 53.3 Å². The Balaban J connectivity index is -0.0000000600. The first kappa shape index (κ1) is 12.1. The van der Waals surface area contributed by atoms with Crippen LogP contribution in [0.3, 0.4) is 0 Å². The maximum atomic E-state index is 9.90. The predicted molar refractivity (Wildman–Crippen MR) is 33.7 cm³/mol. The molecule has 0 aromatic heterocycles. The molecule has 1 unspecified atom stereocenters. The average Bonchev–Trinajstić information content (AvgIpc) is 1.31. The SMILES string of the molecule is CC(N)P(=O)(O)O.[Ca+2].[H-].[H-]. The van der Waals surface area contributed by atoms with Crippen LogP contribution >= 0.6 is 7.60 Å². The first-order valence-electron chi connectivity index (χ1n) is 1.75. The minimum atomic E-state index is -3.96. The maximum absolute atomic E-state index is 9.90. The van der Waals surface area contributed by atoms with Crippen molar-refractivity contribution in [3.63, 3.8) is 0 Å². The molecule has 0 spiro atoms.